The topological polar surface area (TPSA) is 177 Å². The zero-order valence-corrected chi connectivity index (χ0v) is 25.0. The molecule has 7 N–H and O–H groups in total. The predicted molar refractivity (Wildman–Crippen MR) is 154 cm³/mol. The van der Waals surface area contributed by atoms with Crippen molar-refractivity contribution in [2.24, 2.45) is 28.9 Å². The number of aliphatic hydroxyl groups excluding tert-OH is 2. The molecule has 0 heterocycles. The van der Waals surface area contributed by atoms with Crippen molar-refractivity contribution in [1.29, 1.82) is 0 Å². The third-order valence-electron chi connectivity index (χ3n) is 8.99. The molecule has 2 saturated carbocycles. The summed E-state index contributed by atoms with van der Waals surface area (Å²) in [4.78, 5) is 43.2. The fraction of sp³-hybridized carbons (Fsp3) is 0.633. The molecule has 0 spiro atoms. The molecule has 3 aliphatic carbocycles. The van der Waals surface area contributed by atoms with Crippen LogP contribution in [-0.2, 0) is 27.3 Å². The number of hydrogen-bond acceptors (Lipinski definition) is 10. The van der Waals surface area contributed by atoms with Crippen molar-refractivity contribution in [3.63, 3.8) is 0 Å². The van der Waals surface area contributed by atoms with Crippen LogP contribution >= 0.6 is 0 Å². The van der Waals surface area contributed by atoms with Crippen molar-refractivity contribution in [3.05, 3.63) is 28.3 Å². The lowest BCUT2D eigenvalue weighted by atomic mass is 9.54. The fourth-order valence-corrected chi connectivity index (χ4v) is 6.93. The first-order valence-electron chi connectivity index (χ1n) is 14.1. The van der Waals surface area contributed by atoms with E-state index in [2.05, 4.69) is 26.1 Å². The second-order valence-corrected chi connectivity index (χ2v) is 13.4. The maximum absolute atomic E-state index is 14.1. The number of hydrogen-bond donors (Lipinski definition) is 6. The molecule has 6 atom stereocenters. The summed E-state index contributed by atoms with van der Waals surface area (Å²) in [5.41, 5.74) is 4.80. The Bertz CT molecular complexity index is 1300. The number of anilines is 1. The van der Waals surface area contributed by atoms with Gasteiger partial charge in [-0.15, -0.1) is 0 Å². The van der Waals surface area contributed by atoms with Crippen molar-refractivity contribution >= 4 is 28.9 Å². The SMILES string of the molecule is CN(C)c1cc(CNCCC(C)(C)C)c(O)c2c1C[C@H]1C[C@H]3[C@H](N(C)C)C(O)C(C(N)=O)C(=O)[C@@]3(O)C(=O)C1=C2O. The molecule has 41 heavy (non-hydrogen) atoms. The minimum atomic E-state index is -2.67. The smallest absolute Gasteiger partial charge is 0.230 e. The largest absolute Gasteiger partial charge is 0.507 e. The van der Waals surface area contributed by atoms with E-state index in [4.69, 9.17) is 5.73 Å². The van der Waals surface area contributed by atoms with Gasteiger partial charge in [-0.1, -0.05) is 20.8 Å². The zero-order valence-electron chi connectivity index (χ0n) is 25.0. The standard InChI is InChI=1S/C30H44N4O7/c1-29(2,3)8-9-32-13-15-12-18(33(4)5)16-10-14-11-17-22(34(6)7)25(37)21(28(31)40)27(39)30(17,41)26(38)19(14)24(36)20(16)23(15)35/h12,14,17,21-22,25,32,35-37,41H,8-11,13H2,1-7H3,(H2,31,40)/t14-,17-,21?,22-,25?,30-/m0/s1. The molecule has 0 radical (unpaired) electrons. The Labute approximate surface area is 241 Å². The first kappa shape index (κ1) is 31.0. The Hall–Kier alpha value is -2.99. The van der Waals surface area contributed by atoms with E-state index in [0.717, 1.165) is 12.1 Å². The van der Waals surface area contributed by atoms with Gasteiger partial charge in [-0.25, -0.2) is 0 Å². The molecule has 11 nitrogen and oxygen atoms in total. The number of nitrogens with zero attached hydrogens (tertiary/aromatic N) is 2. The number of nitrogens with one attached hydrogen (secondary N) is 1. The lowest BCUT2D eigenvalue weighted by molar-refractivity contribution is -0.184. The Kier molecular flexibility index (Phi) is 8.07. The monoisotopic (exact) mass is 572 g/mol. The van der Waals surface area contributed by atoms with Gasteiger partial charge >= 0.3 is 0 Å². The van der Waals surface area contributed by atoms with Crippen molar-refractivity contribution in [3.8, 4) is 5.75 Å². The molecule has 0 aromatic heterocycles. The number of carbonyl (C=O) groups is 3. The highest BCUT2D eigenvalue weighted by Gasteiger charge is 2.67. The molecule has 0 aliphatic heterocycles. The molecule has 4 rings (SSSR count). The van der Waals surface area contributed by atoms with Crippen LogP contribution in [0.4, 0.5) is 5.69 Å². The average molecular weight is 573 g/mol. The first-order valence-corrected chi connectivity index (χ1v) is 14.1. The van der Waals surface area contributed by atoms with Gasteiger partial charge in [0.1, 0.15) is 17.4 Å². The van der Waals surface area contributed by atoms with E-state index in [-0.39, 0.29) is 35.1 Å². The van der Waals surface area contributed by atoms with Crippen molar-refractivity contribution in [2.75, 3.05) is 39.6 Å². The molecular weight excluding hydrogens is 528 g/mol. The van der Waals surface area contributed by atoms with E-state index < -0.39 is 58.7 Å². The zero-order chi connectivity index (χ0) is 30.8. The number of amides is 1. The van der Waals surface area contributed by atoms with Gasteiger partial charge < -0.3 is 41.3 Å². The van der Waals surface area contributed by atoms with Crippen molar-refractivity contribution in [2.45, 2.75) is 64.3 Å². The van der Waals surface area contributed by atoms with Gasteiger partial charge in [-0.2, -0.15) is 0 Å². The van der Waals surface area contributed by atoms with Gasteiger partial charge in [0.05, 0.1) is 11.7 Å². The third kappa shape index (κ3) is 5.03. The number of rotatable bonds is 7. The van der Waals surface area contributed by atoms with Gasteiger partial charge in [-0.3, -0.25) is 14.4 Å². The quantitative estimate of drug-likeness (QED) is 0.202. The van der Waals surface area contributed by atoms with Crippen LogP contribution < -0.4 is 16.0 Å². The summed E-state index contributed by atoms with van der Waals surface area (Å²) in [6.07, 6.45) is -0.261. The molecule has 1 aromatic rings. The van der Waals surface area contributed by atoms with Gasteiger partial charge in [0, 0.05) is 49.4 Å². The number of phenolic OH excluding ortho intramolecular Hbond substituents is 1. The minimum absolute atomic E-state index is 0.0853. The second-order valence-electron chi connectivity index (χ2n) is 13.4. The molecule has 2 unspecified atom stereocenters. The van der Waals surface area contributed by atoms with Gasteiger partial charge in [0.25, 0.3) is 0 Å². The number of primary amides is 1. The van der Waals surface area contributed by atoms with Crippen LogP contribution in [0.1, 0.15) is 50.3 Å². The number of aliphatic hydroxyl groups is 3. The molecule has 11 heteroatoms. The highest BCUT2D eigenvalue weighted by Crippen LogP contribution is 2.53. The summed E-state index contributed by atoms with van der Waals surface area (Å²) in [6, 6.07) is 0.943. The van der Waals surface area contributed by atoms with Crippen LogP contribution in [0.25, 0.3) is 5.76 Å². The Morgan fingerprint density at radius 2 is 1.80 bits per heavy atom. The van der Waals surface area contributed by atoms with Crippen LogP contribution in [0.2, 0.25) is 0 Å². The number of phenols is 1. The summed E-state index contributed by atoms with van der Waals surface area (Å²) in [5, 5.41) is 49.1. The van der Waals surface area contributed by atoms with Gasteiger partial charge in [0.2, 0.25) is 11.7 Å². The number of Topliss-reactive ketones (excluding diaryl/α,β-unsaturated/α-hetero) is 2. The molecular formula is C30H44N4O7. The van der Waals surface area contributed by atoms with Crippen LogP contribution in [0, 0.1) is 23.2 Å². The van der Waals surface area contributed by atoms with Crippen molar-refractivity contribution < 1.29 is 34.8 Å². The number of benzene rings is 1. The molecule has 2 fully saturated rings. The normalized spacial score (nSPS) is 29.8. The highest BCUT2D eigenvalue weighted by atomic mass is 16.3. The number of likely N-dealkylation sites (N-methyl/N-ethyl adjacent to an activating group) is 1. The summed E-state index contributed by atoms with van der Waals surface area (Å²) >= 11 is 0. The average Bonchev–Trinajstić information content (AvgIpc) is 2.83. The van der Waals surface area contributed by atoms with E-state index in [1.165, 1.54) is 0 Å². The number of ketones is 2. The van der Waals surface area contributed by atoms with E-state index in [9.17, 15) is 34.8 Å². The van der Waals surface area contributed by atoms with Gasteiger partial charge in [0.15, 0.2) is 11.4 Å². The summed E-state index contributed by atoms with van der Waals surface area (Å²) in [7, 11) is 6.97. The molecule has 3 aliphatic rings. The maximum Gasteiger partial charge on any atom is 0.230 e. The van der Waals surface area contributed by atoms with Crippen LogP contribution in [-0.4, -0.2) is 95.3 Å². The number of fused-ring (bicyclic) bond motifs is 3. The van der Waals surface area contributed by atoms with Crippen LogP contribution in [0.15, 0.2) is 11.6 Å². The lowest BCUT2D eigenvalue weighted by Gasteiger charge is -2.53. The van der Waals surface area contributed by atoms with E-state index in [1.54, 1.807) is 19.0 Å². The van der Waals surface area contributed by atoms with Crippen molar-refractivity contribution in [1.82, 2.24) is 10.2 Å². The molecule has 1 amide bonds. The maximum atomic E-state index is 14.1. The van der Waals surface area contributed by atoms with E-state index in [1.807, 2.05) is 25.1 Å². The third-order valence-corrected chi connectivity index (χ3v) is 8.99. The fourth-order valence-electron chi connectivity index (χ4n) is 6.93. The summed E-state index contributed by atoms with van der Waals surface area (Å²) in [6.45, 7) is 7.45. The molecule has 0 saturated heterocycles. The lowest BCUT2D eigenvalue weighted by Crippen LogP contribution is -2.73. The van der Waals surface area contributed by atoms with E-state index >= 15 is 0 Å². The Morgan fingerprint density at radius 1 is 1.17 bits per heavy atom. The van der Waals surface area contributed by atoms with Crippen LogP contribution in [0.3, 0.4) is 0 Å². The van der Waals surface area contributed by atoms with Crippen LogP contribution in [0.5, 0.6) is 5.75 Å². The summed E-state index contributed by atoms with van der Waals surface area (Å²) in [5.74, 6) is -7.41. The summed E-state index contributed by atoms with van der Waals surface area (Å²) < 4.78 is 0. The number of nitrogens with two attached hydrogens (primary N) is 1. The molecule has 1 aromatic carbocycles. The predicted octanol–water partition coefficient (Wildman–Crippen LogP) is 0.721. The molecule has 226 valence electrons. The Morgan fingerprint density at radius 3 is 2.34 bits per heavy atom. The minimum Gasteiger partial charge on any atom is -0.507 e. The second kappa shape index (κ2) is 10.7. The van der Waals surface area contributed by atoms with Gasteiger partial charge in [-0.05, 0) is 62.9 Å². The number of carbonyl (C=O) groups excluding carboxylic acids is 3. The Balaban J connectivity index is 1.83. The first-order chi connectivity index (χ1) is 18.9. The van der Waals surface area contributed by atoms with E-state index in [0.29, 0.717) is 24.2 Å². The molecule has 0 bridgehead atoms. The highest BCUT2D eigenvalue weighted by molar-refractivity contribution is 6.25. The number of aromatic hydroxyl groups is 1.